The van der Waals surface area contributed by atoms with E-state index in [1.165, 1.54) is 0 Å². The molecule has 0 saturated heterocycles. The number of carboxylic acids is 1. The number of nitrogens with one attached hydrogen (secondary N) is 2. The van der Waals surface area contributed by atoms with Crippen molar-refractivity contribution in [3.63, 3.8) is 0 Å². The SMILES string of the molecule is N#Cc1ccccc1NC(=O)c1ccc2cnc(N[C@@H]3CCCC[C@@H]3N)nn12.O=C(O)C(F)(F)F. The number of hydrogen-bond donors (Lipinski definition) is 4. The molecule has 5 N–H and O–H groups in total. The van der Waals surface area contributed by atoms with Gasteiger partial charge in [-0.25, -0.2) is 14.3 Å². The zero-order valence-corrected chi connectivity index (χ0v) is 18.3. The molecule has 1 saturated carbocycles. The standard InChI is InChI=1S/C20H21N7O.C2HF3O2/c21-11-13-5-1-3-7-16(13)24-19(28)18-10-9-14-12-23-20(26-27(14)18)25-17-8-4-2-6-15(17)22;3-2(4,5)1(6)7/h1,3,5,7,9-10,12,15,17H,2,4,6,8,22H2,(H,24,28)(H,25,26);(H,6,7)/t15-,17+;/m0./s1. The lowest BCUT2D eigenvalue weighted by Crippen LogP contribution is -2.43. The number of nitriles is 1. The number of fused-ring (bicyclic) bond motifs is 1. The van der Waals surface area contributed by atoms with Crippen molar-refractivity contribution in [3.8, 4) is 6.07 Å². The van der Waals surface area contributed by atoms with Gasteiger partial charge in [-0.2, -0.15) is 18.4 Å². The van der Waals surface area contributed by atoms with Crippen LogP contribution in [0.2, 0.25) is 0 Å². The lowest BCUT2D eigenvalue weighted by Gasteiger charge is -2.29. The fourth-order valence-corrected chi connectivity index (χ4v) is 3.52. The summed E-state index contributed by atoms with van der Waals surface area (Å²) in [5.74, 6) is -2.66. The third kappa shape index (κ3) is 6.45. The van der Waals surface area contributed by atoms with Gasteiger partial charge in [0.15, 0.2) is 0 Å². The van der Waals surface area contributed by atoms with Crippen molar-refractivity contribution in [3.05, 3.63) is 53.9 Å². The van der Waals surface area contributed by atoms with E-state index in [1.807, 2.05) is 0 Å². The summed E-state index contributed by atoms with van der Waals surface area (Å²) < 4.78 is 33.3. The molecule has 13 heteroatoms. The van der Waals surface area contributed by atoms with Gasteiger partial charge in [0.25, 0.3) is 5.91 Å². The maximum absolute atomic E-state index is 12.8. The first-order valence-electron chi connectivity index (χ1n) is 10.6. The van der Waals surface area contributed by atoms with Gasteiger partial charge >= 0.3 is 12.1 Å². The Bertz CT molecular complexity index is 1250. The number of aromatic nitrogens is 3. The summed E-state index contributed by atoms with van der Waals surface area (Å²) in [5, 5.41) is 26.9. The summed E-state index contributed by atoms with van der Waals surface area (Å²) in [4.78, 5) is 26.0. The summed E-state index contributed by atoms with van der Waals surface area (Å²) in [7, 11) is 0. The number of rotatable bonds is 4. The van der Waals surface area contributed by atoms with Crippen molar-refractivity contribution < 1.29 is 27.9 Å². The quantitative estimate of drug-likeness (QED) is 0.435. The highest BCUT2D eigenvalue weighted by atomic mass is 19.4. The molecule has 184 valence electrons. The van der Waals surface area contributed by atoms with E-state index in [2.05, 4.69) is 26.8 Å². The lowest BCUT2D eigenvalue weighted by molar-refractivity contribution is -0.192. The first-order valence-corrected chi connectivity index (χ1v) is 10.6. The van der Waals surface area contributed by atoms with Gasteiger partial charge in [0, 0.05) is 12.1 Å². The first kappa shape index (κ1) is 25.4. The van der Waals surface area contributed by atoms with Gasteiger partial charge in [-0.05, 0) is 37.1 Å². The van der Waals surface area contributed by atoms with E-state index in [-0.39, 0.29) is 18.0 Å². The van der Waals surface area contributed by atoms with Crippen molar-refractivity contribution >= 4 is 29.0 Å². The van der Waals surface area contributed by atoms with Crippen molar-refractivity contribution in [1.82, 2.24) is 14.6 Å². The summed E-state index contributed by atoms with van der Waals surface area (Å²) in [6.07, 6.45) is 0.819. The highest BCUT2D eigenvalue weighted by Gasteiger charge is 2.38. The van der Waals surface area contributed by atoms with Crippen LogP contribution in [0.1, 0.15) is 41.7 Å². The Balaban J connectivity index is 0.000000429. The number of carbonyl (C=O) groups excluding carboxylic acids is 1. The third-order valence-corrected chi connectivity index (χ3v) is 5.30. The Morgan fingerprint density at radius 3 is 2.51 bits per heavy atom. The van der Waals surface area contributed by atoms with Crippen LogP contribution >= 0.6 is 0 Å². The van der Waals surface area contributed by atoms with Crippen LogP contribution < -0.4 is 16.4 Å². The van der Waals surface area contributed by atoms with Crippen molar-refractivity contribution in [2.45, 2.75) is 43.9 Å². The third-order valence-electron chi connectivity index (χ3n) is 5.30. The molecule has 0 aliphatic heterocycles. The van der Waals surface area contributed by atoms with Gasteiger partial charge < -0.3 is 21.5 Å². The number of aliphatic carboxylic acids is 1. The van der Waals surface area contributed by atoms with Crippen LogP contribution in [0, 0.1) is 11.3 Å². The maximum atomic E-state index is 12.8. The van der Waals surface area contributed by atoms with Crippen LogP contribution in [0.3, 0.4) is 0 Å². The molecule has 0 unspecified atom stereocenters. The Morgan fingerprint density at radius 1 is 1.17 bits per heavy atom. The number of carbonyl (C=O) groups is 2. The van der Waals surface area contributed by atoms with E-state index < -0.39 is 12.1 Å². The zero-order valence-electron chi connectivity index (χ0n) is 18.3. The molecular formula is C22H22F3N7O3. The Hall–Kier alpha value is -4.18. The highest BCUT2D eigenvalue weighted by Crippen LogP contribution is 2.21. The number of nitrogens with two attached hydrogens (primary N) is 1. The average molecular weight is 489 g/mol. The van der Waals surface area contributed by atoms with Crippen LogP contribution in [0.25, 0.3) is 5.52 Å². The number of nitrogens with zero attached hydrogens (tertiary/aromatic N) is 4. The van der Waals surface area contributed by atoms with Crippen molar-refractivity contribution in [2.75, 3.05) is 10.6 Å². The van der Waals surface area contributed by atoms with Crippen molar-refractivity contribution in [2.24, 2.45) is 5.73 Å². The van der Waals surface area contributed by atoms with Gasteiger partial charge in [-0.15, -0.1) is 5.10 Å². The van der Waals surface area contributed by atoms with Crippen LogP contribution in [-0.4, -0.2) is 49.8 Å². The van der Waals surface area contributed by atoms with E-state index in [0.29, 0.717) is 28.4 Å². The average Bonchev–Trinajstić information content (AvgIpc) is 3.24. The summed E-state index contributed by atoms with van der Waals surface area (Å²) >= 11 is 0. The topological polar surface area (TPSA) is 158 Å². The predicted octanol–water partition coefficient (Wildman–Crippen LogP) is 3.17. The number of carboxylic acid groups (broad SMARTS) is 1. The van der Waals surface area contributed by atoms with Gasteiger partial charge in [-0.1, -0.05) is 25.0 Å². The molecule has 2 atom stereocenters. The molecule has 0 spiro atoms. The minimum absolute atomic E-state index is 0.0722. The summed E-state index contributed by atoms with van der Waals surface area (Å²) in [5.41, 5.74) is 8.13. The normalized spacial score (nSPS) is 17.6. The number of amides is 1. The molecule has 4 rings (SSSR count). The molecule has 2 heterocycles. The Kier molecular flexibility index (Phi) is 7.87. The number of anilines is 2. The number of benzene rings is 1. The van der Waals surface area contributed by atoms with Crippen LogP contribution in [-0.2, 0) is 4.79 Å². The molecule has 10 nitrogen and oxygen atoms in total. The minimum atomic E-state index is -5.08. The molecule has 1 aromatic carbocycles. The predicted molar refractivity (Wildman–Crippen MR) is 120 cm³/mol. The van der Waals surface area contributed by atoms with Gasteiger partial charge in [0.2, 0.25) is 5.95 Å². The van der Waals surface area contributed by atoms with Gasteiger partial charge in [-0.3, -0.25) is 4.79 Å². The Labute approximate surface area is 197 Å². The van der Waals surface area contributed by atoms with Crippen LogP contribution in [0.4, 0.5) is 24.8 Å². The van der Waals surface area contributed by atoms with E-state index in [4.69, 9.17) is 15.6 Å². The number of halogens is 3. The van der Waals surface area contributed by atoms with Crippen LogP contribution in [0.5, 0.6) is 0 Å². The van der Waals surface area contributed by atoms with Gasteiger partial charge in [0.1, 0.15) is 11.8 Å². The fourth-order valence-electron chi connectivity index (χ4n) is 3.52. The molecule has 0 radical (unpaired) electrons. The lowest BCUT2D eigenvalue weighted by atomic mass is 9.91. The molecule has 3 aromatic rings. The highest BCUT2D eigenvalue weighted by molar-refractivity contribution is 6.04. The van der Waals surface area contributed by atoms with E-state index in [9.17, 15) is 23.2 Å². The molecule has 1 fully saturated rings. The molecule has 2 aromatic heterocycles. The molecule has 1 aliphatic carbocycles. The second-order valence-corrected chi connectivity index (χ2v) is 7.75. The van der Waals surface area contributed by atoms with Crippen LogP contribution in [0.15, 0.2) is 42.6 Å². The van der Waals surface area contributed by atoms with Gasteiger partial charge in [0.05, 0.1) is 23.0 Å². The molecule has 0 bridgehead atoms. The number of para-hydroxylation sites is 1. The first-order chi connectivity index (χ1) is 16.6. The smallest absolute Gasteiger partial charge is 0.475 e. The largest absolute Gasteiger partial charge is 0.490 e. The molecule has 1 aliphatic rings. The van der Waals surface area contributed by atoms with Crippen molar-refractivity contribution in [1.29, 1.82) is 5.26 Å². The fraction of sp³-hybridized carbons (Fsp3) is 0.318. The second kappa shape index (κ2) is 10.8. The molecule has 1 amide bonds. The second-order valence-electron chi connectivity index (χ2n) is 7.75. The molecular weight excluding hydrogens is 467 g/mol. The molecule has 35 heavy (non-hydrogen) atoms. The summed E-state index contributed by atoms with van der Waals surface area (Å²) in [6, 6.07) is 12.6. The van der Waals surface area contributed by atoms with E-state index in [0.717, 1.165) is 25.7 Å². The maximum Gasteiger partial charge on any atom is 0.490 e. The Morgan fingerprint density at radius 2 is 1.86 bits per heavy atom. The van der Waals surface area contributed by atoms with E-state index >= 15 is 0 Å². The summed E-state index contributed by atoms with van der Waals surface area (Å²) in [6.45, 7) is 0. The monoisotopic (exact) mass is 489 g/mol. The minimum Gasteiger partial charge on any atom is -0.475 e. The zero-order chi connectivity index (χ0) is 25.6. The van der Waals surface area contributed by atoms with E-state index in [1.54, 1.807) is 47.1 Å². The number of alkyl halides is 3. The number of hydrogen-bond acceptors (Lipinski definition) is 7.